The second-order valence-corrected chi connectivity index (χ2v) is 7.93. The summed E-state index contributed by atoms with van der Waals surface area (Å²) in [6.07, 6.45) is 2.78. The van der Waals surface area contributed by atoms with Crippen LogP contribution in [-0.2, 0) is 17.6 Å². The number of carbonyl (C=O) groups excluding carboxylic acids is 1. The van der Waals surface area contributed by atoms with Gasteiger partial charge in [-0.15, -0.1) is 35.5 Å². The number of halogens is 1. The third-order valence-electron chi connectivity index (χ3n) is 4.22. The smallest absolute Gasteiger partial charge is 0.234 e. The van der Waals surface area contributed by atoms with Gasteiger partial charge in [0, 0.05) is 21.6 Å². The molecular formula is C16H18ClN3OS2. The van der Waals surface area contributed by atoms with Crippen molar-refractivity contribution in [3.05, 3.63) is 40.4 Å². The molecule has 0 spiro atoms. The van der Waals surface area contributed by atoms with E-state index >= 15 is 0 Å². The first-order valence-corrected chi connectivity index (χ1v) is 9.27. The number of thioether (sulfide) groups is 1. The number of thiazole rings is 1. The molecule has 4 rings (SSSR count). The van der Waals surface area contributed by atoms with Gasteiger partial charge in [0.15, 0.2) is 5.13 Å². The summed E-state index contributed by atoms with van der Waals surface area (Å²) < 4.78 is 0. The molecule has 2 heterocycles. The summed E-state index contributed by atoms with van der Waals surface area (Å²) in [5.41, 5.74) is 8.25. The van der Waals surface area contributed by atoms with Crippen LogP contribution in [0.1, 0.15) is 28.5 Å². The minimum absolute atomic E-state index is 0. The van der Waals surface area contributed by atoms with Crippen LogP contribution in [0.3, 0.4) is 0 Å². The number of nitrogens with two attached hydrogens (primary N) is 1. The highest BCUT2D eigenvalue weighted by atomic mass is 35.5. The predicted molar refractivity (Wildman–Crippen MR) is 97.9 cm³/mol. The van der Waals surface area contributed by atoms with Gasteiger partial charge in [-0.1, -0.05) is 18.2 Å². The molecule has 1 amide bonds. The summed E-state index contributed by atoms with van der Waals surface area (Å²) >= 11 is 3.33. The lowest BCUT2D eigenvalue weighted by molar-refractivity contribution is -0.117. The molecule has 7 heteroatoms. The number of anilines is 1. The molecule has 2 aliphatic rings. The molecule has 0 fully saturated rings. The Kier molecular flexibility index (Phi) is 4.96. The minimum Gasteiger partial charge on any atom is -0.327 e. The fraction of sp³-hybridized carbons (Fsp3) is 0.375. The number of benzene rings is 1. The Morgan fingerprint density at radius 1 is 1.35 bits per heavy atom. The van der Waals surface area contributed by atoms with Gasteiger partial charge < -0.3 is 11.1 Å². The van der Waals surface area contributed by atoms with Crippen molar-refractivity contribution in [2.24, 2.45) is 5.73 Å². The third kappa shape index (κ3) is 3.26. The summed E-state index contributed by atoms with van der Waals surface area (Å²) in [7, 11) is 0. The molecule has 1 aliphatic carbocycles. The van der Waals surface area contributed by atoms with Gasteiger partial charge in [0.2, 0.25) is 5.91 Å². The molecule has 2 atom stereocenters. The van der Waals surface area contributed by atoms with Crippen molar-refractivity contribution in [2.45, 2.75) is 36.1 Å². The van der Waals surface area contributed by atoms with E-state index in [0.717, 1.165) is 41.4 Å². The monoisotopic (exact) mass is 367 g/mol. The van der Waals surface area contributed by atoms with Crippen LogP contribution in [0.5, 0.6) is 0 Å². The quantitative estimate of drug-likeness (QED) is 0.855. The highest BCUT2D eigenvalue weighted by molar-refractivity contribution is 7.99. The van der Waals surface area contributed by atoms with Crippen molar-refractivity contribution in [1.29, 1.82) is 0 Å². The molecule has 0 radical (unpaired) electrons. The molecule has 1 aromatic heterocycles. The van der Waals surface area contributed by atoms with Crippen molar-refractivity contribution in [1.82, 2.24) is 4.98 Å². The first-order chi connectivity index (χ1) is 10.7. The molecule has 122 valence electrons. The van der Waals surface area contributed by atoms with E-state index in [1.54, 1.807) is 23.1 Å². The van der Waals surface area contributed by atoms with Gasteiger partial charge >= 0.3 is 0 Å². The van der Waals surface area contributed by atoms with Crippen molar-refractivity contribution in [2.75, 3.05) is 11.1 Å². The molecule has 0 saturated carbocycles. The standard InChI is InChI=1S/C16H17N3OS2.ClH/c17-9-5-6-12-14(7-9)22-16(18-12)19-15(20)11-8-21-13-4-2-1-3-10(11)13;/h1-4,9,11H,5-8,17H2,(H,18,19,20);1H/t9-,11?;/m0./s1. The average Bonchev–Trinajstić information content (AvgIpc) is 3.09. The Bertz CT molecular complexity index is 734. The van der Waals surface area contributed by atoms with Crippen LogP contribution in [0.2, 0.25) is 0 Å². The fourth-order valence-corrected chi connectivity index (χ4v) is 5.36. The van der Waals surface area contributed by atoms with Gasteiger partial charge in [0.05, 0.1) is 11.6 Å². The van der Waals surface area contributed by atoms with E-state index in [9.17, 15) is 4.79 Å². The zero-order valence-electron chi connectivity index (χ0n) is 12.5. The Balaban J connectivity index is 0.00000156. The SMILES string of the molecule is Cl.N[C@H]1CCc2nc(NC(=O)C3CSc4ccccc43)sc2C1. The van der Waals surface area contributed by atoms with Crippen LogP contribution >= 0.6 is 35.5 Å². The van der Waals surface area contributed by atoms with Gasteiger partial charge in [-0.05, 0) is 30.9 Å². The summed E-state index contributed by atoms with van der Waals surface area (Å²) in [6, 6.07) is 8.37. The van der Waals surface area contributed by atoms with E-state index in [1.807, 2.05) is 18.2 Å². The highest BCUT2D eigenvalue weighted by Gasteiger charge is 2.30. The number of aromatic nitrogens is 1. The number of rotatable bonds is 2. The van der Waals surface area contributed by atoms with Crippen molar-refractivity contribution in [3.8, 4) is 0 Å². The Labute approximate surface area is 149 Å². The van der Waals surface area contributed by atoms with E-state index in [0.29, 0.717) is 0 Å². The zero-order valence-corrected chi connectivity index (χ0v) is 14.9. The maximum absolute atomic E-state index is 12.6. The minimum atomic E-state index is -0.0793. The fourth-order valence-electron chi connectivity index (χ4n) is 3.03. The molecule has 1 aliphatic heterocycles. The first-order valence-electron chi connectivity index (χ1n) is 7.47. The Morgan fingerprint density at radius 2 is 2.17 bits per heavy atom. The number of nitrogens with zero attached hydrogens (tertiary/aromatic N) is 1. The topological polar surface area (TPSA) is 68.0 Å². The van der Waals surface area contributed by atoms with Crippen molar-refractivity contribution < 1.29 is 4.79 Å². The molecule has 1 unspecified atom stereocenters. The lowest BCUT2D eigenvalue weighted by atomic mass is 9.99. The number of hydrogen-bond acceptors (Lipinski definition) is 5. The predicted octanol–water partition coefficient (Wildman–Crippen LogP) is 3.21. The van der Waals surface area contributed by atoms with Crippen molar-refractivity contribution in [3.63, 3.8) is 0 Å². The van der Waals surface area contributed by atoms with Crippen LogP contribution in [0.4, 0.5) is 5.13 Å². The number of amides is 1. The molecule has 4 nitrogen and oxygen atoms in total. The summed E-state index contributed by atoms with van der Waals surface area (Å²) in [5, 5.41) is 3.73. The lowest BCUT2D eigenvalue weighted by Crippen LogP contribution is -2.27. The summed E-state index contributed by atoms with van der Waals surface area (Å²) in [6.45, 7) is 0. The first kappa shape index (κ1) is 16.8. The number of fused-ring (bicyclic) bond motifs is 2. The number of hydrogen-bond donors (Lipinski definition) is 2. The average molecular weight is 368 g/mol. The van der Waals surface area contributed by atoms with Gasteiger partial charge in [0.1, 0.15) is 0 Å². The number of nitrogens with one attached hydrogen (secondary N) is 1. The normalized spacial score (nSPS) is 22.0. The molecule has 23 heavy (non-hydrogen) atoms. The van der Waals surface area contributed by atoms with Gasteiger partial charge in [-0.3, -0.25) is 4.79 Å². The molecule has 0 saturated heterocycles. The van der Waals surface area contributed by atoms with Crippen LogP contribution in [0.25, 0.3) is 0 Å². The molecule has 0 bridgehead atoms. The van der Waals surface area contributed by atoms with E-state index in [-0.39, 0.29) is 30.3 Å². The second-order valence-electron chi connectivity index (χ2n) is 5.78. The van der Waals surface area contributed by atoms with E-state index in [1.165, 1.54) is 9.77 Å². The Hall–Kier alpha value is -1.08. The summed E-state index contributed by atoms with van der Waals surface area (Å²) in [4.78, 5) is 19.6. The van der Waals surface area contributed by atoms with Crippen LogP contribution < -0.4 is 11.1 Å². The number of aryl methyl sites for hydroxylation is 1. The van der Waals surface area contributed by atoms with Crippen LogP contribution in [0, 0.1) is 0 Å². The highest BCUT2D eigenvalue weighted by Crippen LogP contribution is 2.40. The summed E-state index contributed by atoms with van der Waals surface area (Å²) in [5.74, 6) is 0.776. The third-order valence-corrected chi connectivity index (χ3v) is 6.44. The maximum atomic E-state index is 12.6. The molecule has 2 aromatic rings. The van der Waals surface area contributed by atoms with Gasteiger partial charge in [-0.25, -0.2) is 4.98 Å². The zero-order chi connectivity index (χ0) is 15.1. The second kappa shape index (κ2) is 6.81. The number of carbonyl (C=O) groups is 1. The van der Waals surface area contributed by atoms with Gasteiger partial charge in [0.25, 0.3) is 0 Å². The largest absolute Gasteiger partial charge is 0.327 e. The van der Waals surface area contributed by atoms with Gasteiger partial charge in [-0.2, -0.15) is 0 Å². The lowest BCUT2D eigenvalue weighted by Gasteiger charge is -2.15. The molecule has 3 N–H and O–H groups in total. The van der Waals surface area contributed by atoms with E-state index in [4.69, 9.17) is 5.73 Å². The van der Waals surface area contributed by atoms with E-state index < -0.39 is 0 Å². The molecular weight excluding hydrogens is 350 g/mol. The molecule has 1 aromatic carbocycles. The maximum Gasteiger partial charge on any atom is 0.234 e. The van der Waals surface area contributed by atoms with Crippen LogP contribution in [0.15, 0.2) is 29.2 Å². The Morgan fingerprint density at radius 3 is 3.04 bits per heavy atom. The van der Waals surface area contributed by atoms with E-state index in [2.05, 4.69) is 16.4 Å². The van der Waals surface area contributed by atoms with Crippen LogP contribution in [-0.4, -0.2) is 22.7 Å². The van der Waals surface area contributed by atoms with Crippen molar-refractivity contribution >= 4 is 46.5 Å².